The van der Waals surface area contributed by atoms with Gasteiger partial charge in [-0.3, -0.25) is 9.59 Å². The van der Waals surface area contributed by atoms with Crippen LogP contribution in [0.3, 0.4) is 0 Å². The maximum Gasteiger partial charge on any atom is 0.221 e. The van der Waals surface area contributed by atoms with Crippen LogP contribution in [0.15, 0.2) is 36.4 Å². The topological polar surface area (TPSA) is 144 Å². The van der Waals surface area contributed by atoms with Gasteiger partial charge >= 0.3 is 0 Å². The van der Waals surface area contributed by atoms with E-state index in [-0.39, 0.29) is 11.8 Å². The molecule has 0 atom stereocenters. The molecule has 0 aliphatic carbocycles. The Labute approximate surface area is 212 Å². The first-order chi connectivity index (χ1) is 17.3. The molecular weight excluding hydrogens is 456 g/mol. The minimum atomic E-state index is -0.0285. The summed E-state index contributed by atoms with van der Waals surface area (Å²) in [5.74, 6) is 6.05. The number of aromatic nitrogens is 3. The molecule has 0 spiro atoms. The van der Waals surface area contributed by atoms with Gasteiger partial charge in [0.2, 0.25) is 11.8 Å². The zero-order valence-corrected chi connectivity index (χ0v) is 21.3. The summed E-state index contributed by atoms with van der Waals surface area (Å²) >= 11 is 0. The van der Waals surface area contributed by atoms with Crippen LogP contribution in [-0.2, 0) is 16.1 Å². The van der Waals surface area contributed by atoms with Crippen LogP contribution in [0.1, 0.15) is 49.7 Å². The molecule has 194 valence electrons. The van der Waals surface area contributed by atoms with Crippen molar-refractivity contribution in [3.63, 3.8) is 0 Å². The molecular formula is C26H38N8O2. The lowest BCUT2D eigenvalue weighted by Gasteiger charge is -2.20. The molecule has 0 saturated heterocycles. The summed E-state index contributed by atoms with van der Waals surface area (Å²) in [6.07, 6.45) is 4.46. The van der Waals surface area contributed by atoms with Crippen LogP contribution in [0.2, 0.25) is 0 Å². The second kappa shape index (κ2) is 13.4. The van der Waals surface area contributed by atoms with E-state index >= 15 is 0 Å². The van der Waals surface area contributed by atoms with Gasteiger partial charge in [0.15, 0.2) is 0 Å². The van der Waals surface area contributed by atoms with Crippen LogP contribution in [0.25, 0.3) is 11.0 Å². The van der Waals surface area contributed by atoms with E-state index in [1.165, 1.54) is 5.01 Å². The number of nitrogen functional groups attached to an aromatic ring is 1. The highest BCUT2D eigenvalue weighted by Gasteiger charge is 2.10. The quantitative estimate of drug-likeness (QED) is 0.117. The molecule has 36 heavy (non-hydrogen) atoms. The fraction of sp³-hybridized carbons (Fsp3) is 0.462. The van der Waals surface area contributed by atoms with E-state index in [1.54, 1.807) is 4.68 Å². The molecule has 3 rings (SSSR count). The van der Waals surface area contributed by atoms with Crippen LogP contribution < -0.4 is 27.2 Å². The van der Waals surface area contributed by atoms with E-state index in [2.05, 4.69) is 20.9 Å². The molecule has 0 bridgehead atoms. The molecule has 6 N–H and O–H groups in total. The van der Waals surface area contributed by atoms with E-state index in [0.717, 1.165) is 53.5 Å². The van der Waals surface area contributed by atoms with Crippen molar-refractivity contribution in [2.75, 3.05) is 30.4 Å². The zero-order valence-electron chi connectivity index (χ0n) is 21.3. The lowest BCUT2D eigenvalue weighted by molar-refractivity contribution is -0.122. The average Bonchev–Trinajstić information content (AvgIpc) is 3.26. The minimum absolute atomic E-state index is 0.0138. The number of hydrogen-bond donors (Lipinski definition) is 4. The number of unbranched alkanes of at least 4 members (excludes halogenated alkanes) is 3. The van der Waals surface area contributed by atoms with Crippen molar-refractivity contribution < 1.29 is 9.59 Å². The standard InChI is InChI=1S/C26H38N8O2/c1-19-7-9-21(27)23(17-19)33(28)15-11-25(35)29-13-5-3-4-6-14-30-26(36)12-16-34-24-18-20(2)8-10-22(24)31-32-34/h7-10,17-18H,3-6,11-16,27-28H2,1-2H3,(H,29,35)(H,30,36). The summed E-state index contributed by atoms with van der Waals surface area (Å²) in [6.45, 7) is 6.18. The smallest absolute Gasteiger partial charge is 0.221 e. The lowest BCUT2D eigenvalue weighted by atomic mass is 10.2. The summed E-state index contributed by atoms with van der Waals surface area (Å²) in [5.41, 5.74) is 11.3. The molecule has 2 amide bonds. The van der Waals surface area contributed by atoms with Crippen molar-refractivity contribution in [3.05, 3.63) is 47.5 Å². The van der Waals surface area contributed by atoms with E-state index in [1.807, 2.05) is 50.2 Å². The maximum atomic E-state index is 12.1. The molecule has 2 aromatic carbocycles. The monoisotopic (exact) mass is 494 g/mol. The first kappa shape index (κ1) is 26.9. The molecule has 1 aromatic heterocycles. The predicted molar refractivity (Wildman–Crippen MR) is 143 cm³/mol. The van der Waals surface area contributed by atoms with Gasteiger partial charge in [-0.05, 0) is 62.1 Å². The molecule has 0 aliphatic rings. The predicted octanol–water partition coefficient (Wildman–Crippen LogP) is 2.58. The first-order valence-corrected chi connectivity index (χ1v) is 12.5. The number of nitrogens with two attached hydrogens (primary N) is 2. The van der Waals surface area contributed by atoms with Crippen LogP contribution in [-0.4, -0.2) is 46.4 Å². The fourth-order valence-corrected chi connectivity index (χ4v) is 3.93. The molecule has 0 fully saturated rings. The van der Waals surface area contributed by atoms with Crippen molar-refractivity contribution in [3.8, 4) is 0 Å². The Morgan fingerprint density at radius 3 is 2.28 bits per heavy atom. The summed E-state index contributed by atoms with van der Waals surface area (Å²) < 4.78 is 1.78. The van der Waals surface area contributed by atoms with E-state index in [0.29, 0.717) is 44.7 Å². The van der Waals surface area contributed by atoms with Gasteiger partial charge in [-0.2, -0.15) is 0 Å². The van der Waals surface area contributed by atoms with E-state index in [4.69, 9.17) is 11.6 Å². The number of nitrogens with zero attached hydrogens (tertiary/aromatic N) is 4. The summed E-state index contributed by atoms with van der Waals surface area (Å²) in [5, 5.41) is 15.7. The molecule has 0 radical (unpaired) electrons. The largest absolute Gasteiger partial charge is 0.397 e. The number of rotatable bonds is 14. The number of carbonyl (C=O) groups is 2. The summed E-state index contributed by atoms with van der Waals surface area (Å²) in [4.78, 5) is 24.2. The minimum Gasteiger partial charge on any atom is -0.397 e. The average molecular weight is 495 g/mol. The molecule has 3 aromatic rings. The van der Waals surface area contributed by atoms with E-state index < -0.39 is 0 Å². The zero-order chi connectivity index (χ0) is 25.9. The van der Waals surface area contributed by atoms with Crippen molar-refractivity contribution in [2.45, 2.75) is 58.9 Å². The highest BCUT2D eigenvalue weighted by Crippen LogP contribution is 2.22. The Kier molecular flexibility index (Phi) is 10.1. The number of benzene rings is 2. The number of aryl methyl sites for hydroxylation is 3. The van der Waals surface area contributed by atoms with Crippen LogP contribution in [0, 0.1) is 13.8 Å². The SMILES string of the molecule is Cc1ccc(N)c(N(N)CCC(=O)NCCCCCCNC(=O)CCn2nnc3ccc(C)cc32)c1. The highest BCUT2D eigenvalue weighted by atomic mass is 16.2. The molecule has 0 saturated carbocycles. The number of hydrogen-bond acceptors (Lipinski definition) is 7. The fourth-order valence-electron chi connectivity index (χ4n) is 3.93. The van der Waals surface area contributed by atoms with Gasteiger partial charge in [-0.1, -0.05) is 30.2 Å². The summed E-state index contributed by atoms with van der Waals surface area (Å²) in [7, 11) is 0. The second-order valence-corrected chi connectivity index (χ2v) is 9.17. The Bertz CT molecular complexity index is 1160. The van der Waals surface area contributed by atoms with Crippen molar-refractivity contribution >= 4 is 34.2 Å². The molecule has 10 heteroatoms. The van der Waals surface area contributed by atoms with Crippen molar-refractivity contribution in [1.82, 2.24) is 25.6 Å². The normalized spacial score (nSPS) is 11.0. The van der Waals surface area contributed by atoms with Crippen LogP contribution in [0.4, 0.5) is 11.4 Å². The lowest BCUT2D eigenvalue weighted by Crippen LogP contribution is -2.36. The number of hydrazine groups is 1. The third kappa shape index (κ3) is 8.23. The van der Waals surface area contributed by atoms with Crippen molar-refractivity contribution in [2.24, 2.45) is 5.84 Å². The highest BCUT2D eigenvalue weighted by molar-refractivity contribution is 5.78. The molecule has 0 aliphatic heterocycles. The number of carbonyl (C=O) groups excluding carboxylic acids is 2. The van der Waals surface area contributed by atoms with Gasteiger partial charge in [0.1, 0.15) is 5.52 Å². The maximum absolute atomic E-state index is 12.1. The van der Waals surface area contributed by atoms with Gasteiger partial charge in [0.05, 0.1) is 23.4 Å². The number of anilines is 2. The van der Waals surface area contributed by atoms with Crippen molar-refractivity contribution in [1.29, 1.82) is 0 Å². The van der Waals surface area contributed by atoms with Gasteiger partial charge in [0, 0.05) is 32.5 Å². The Balaban J connectivity index is 1.20. The first-order valence-electron chi connectivity index (χ1n) is 12.5. The van der Waals surface area contributed by atoms with Gasteiger partial charge in [0.25, 0.3) is 0 Å². The molecule has 10 nitrogen and oxygen atoms in total. The molecule has 0 unspecified atom stereocenters. The third-order valence-electron chi connectivity index (χ3n) is 6.04. The third-order valence-corrected chi connectivity index (χ3v) is 6.04. The Hall–Kier alpha value is -3.66. The van der Waals surface area contributed by atoms with Crippen LogP contribution in [0.5, 0.6) is 0 Å². The number of nitrogens with one attached hydrogen (secondary N) is 2. The van der Waals surface area contributed by atoms with Crippen LogP contribution >= 0.6 is 0 Å². The second-order valence-electron chi connectivity index (χ2n) is 9.17. The Morgan fingerprint density at radius 1 is 0.917 bits per heavy atom. The van der Waals surface area contributed by atoms with Gasteiger partial charge in [-0.15, -0.1) is 5.10 Å². The molecule has 1 heterocycles. The van der Waals surface area contributed by atoms with Gasteiger partial charge < -0.3 is 21.4 Å². The number of amides is 2. The number of fused-ring (bicyclic) bond motifs is 1. The van der Waals surface area contributed by atoms with E-state index in [9.17, 15) is 9.59 Å². The Morgan fingerprint density at radius 2 is 1.56 bits per heavy atom. The van der Waals surface area contributed by atoms with Gasteiger partial charge in [-0.25, -0.2) is 10.5 Å². The summed E-state index contributed by atoms with van der Waals surface area (Å²) in [6, 6.07) is 11.6.